The second-order valence-electron chi connectivity index (χ2n) is 11.3. The Morgan fingerprint density at radius 1 is 1.26 bits per heavy atom. The highest BCUT2D eigenvalue weighted by molar-refractivity contribution is 6.29. The third kappa shape index (κ3) is 6.23. The van der Waals surface area contributed by atoms with Gasteiger partial charge in [0.15, 0.2) is 0 Å². The zero-order valence-corrected chi connectivity index (χ0v) is 23.1. The monoisotopic (exact) mass is 556 g/mol. The number of hydrogen-bond donors (Lipinski definition) is 2. The summed E-state index contributed by atoms with van der Waals surface area (Å²) in [7, 11) is 0. The third-order valence-corrected chi connectivity index (χ3v) is 8.57. The second-order valence-corrected chi connectivity index (χ2v) is 11.7. The zero-order chi connectivity index (χ0) is 27.7. The van der Waals surface area contributed by atoms with E-state index in [2.05, 4.69) is 20.2 Å². The van der Waals surface area contributed by atoms with E-state index in [0.717, 1.165) is 49.3 Å². The first kappa shape index (κ1) is 27.9. The van der Waals surface area contributed by atoms with Gasteiger partial charge in [-0.3, -0.25) is 4.79 Å². The summed E-state index contributed by atoms with van der Waals surface area (Å²) in [6.07, 6.45) is 4.53. The predicted molar refractivity (Wildman–Crippen MR) is 148 cm³/mol. The molecule has 1 aliphatic heterocycles. The molecule has 2 N–H and O–H groups in total. The highest BCUT2D eigenvalue weighted by Crippen LogP contribution is 2.38. The van der Waals surface area contributed by atoms with Crippen molar-refractivity contribution in [3.63, 3.8) is 0 Å². The summed E-state index contributed by atoms with van der Waals surface area (Å²) in [5.74, 6) is -1.12. The molecule has 0 spiro atoms. The lowest BCUT2D eigenvalue weighted by Crippen LogP contribution is -2.38. The van der Waals surface area contributed by atoms with Gasteiger partial charge in [0.2, 0.25) is 0 Å². The van der Waals surface area contributed by atoms with Gasteiger partial charge in [-0.15, -0.1) is 0 Å². The van der Waals surface area contributed by atoms with E-state index in [0.29, 0.717) is 29.8 Å². The van der Waals surface area contributed by atoms with Crippen molar-refractivity contribution in [3.05, 3.63) is 69.9 Å². The fourth-order valence-electron chi connectivity index (χ4n) is 5.66. The zero-order valence-electron chi connectivity index (χ0n) is 22.4. The van der Waals surface area contributed by atoms with Crippen molar-refractivity contribution < 1.29 is 18.7 Å². The molecule has 1 aliphatic carbocycles. The maximum atomic E-state index is 15.4. The Kier molecular flexibility index (Phi) is 8.17. The molecule has 1 amide bonds. The Bertz CT molecular complexity index is 1350. The summed E-state index contributed by atoms with van der Waals surface area (Å²) in [4.78, 5) is 24.4. The molecule has 2 aliphatic rings. The van der Waals surface area contributed by atoms with Gasteiger partial charge in [-0.2, -0.15) is 0 Å². The number of aliphatic hydroxyl groups excluding tert-OH is 1. The first-order chi connectivity index (χ1) is 18.6. The maximum Gasteiger partial charge on any atom is 0.251 e. The molecule has 1 unspecified atom stereocenters. The first-order valence-electron chi connectivity index (χ1n) is 13.7. The molecule has 208 valence electrons. The van der Waals surface area contributed by atoms with Gasteiger partial charge in [0.05, 0.1) is 12.1 Å². The number of carbonyl (C=O) groups is 1. The number of nitrogens with zero attached hydrogens (tertiary/aromatic N) is 3. The van der Waals surface area contributed by atoms with Crippen molar-refractivity contribution in [3.8, 4) is 0 Å². The largest absolute Gasteiger partial charge is 0.393 e. The SMILES string of the molecule is CC(C)[C@]1(F)CCc2nc3c(F)cc(C(=O)NC(CCN4CCC(O)CC4)c4ccc(Cl)nc4)cc3cc2C1. The number of pyridine rings is 2. The average Bonchev–Trinajstić information content (AvgIpc) is 2.91. The number of aromatic nitrogens is 2. The number of alkyl halides is 1. The van der Waals surface area contributed by atoms with Crippen molar-refractivity contribution in [1.29, 1.82) is 0 Å². The Morgan fingerprint density at radius 3 is 2.72 bits per heavy atom. The van der Waals surface area contributed by atoms with Crippen LogP contribution in [0.15, 0.2) is 36.5 Å². The van der Waals surface area contributed by atoms with Crippen LogP contribution in [0.2, 0.25) is 5.15 Å². The van der Waals surface area contributed by atoms with E-state index < -0.39 is 17.4 Å². The molecular weight excluding hydrogens is 522 g/mol. The highest BCUT2D eigenvalue weighted by atomic mass is 35.5. The van der Waals surface area contributed by atoms with Gasteiger partial charge in [0.1, 0.15) is 22.2 Å². The number of fused-ring (bicyclic) bond motifs is 2. The van der Waals surface area contributed by atoms with Gasteiger partial charge in [0, 0.05) is 48.9 Å². The Morgan fingerprint density at radius 2 is 2.03 bits per heavy atom. The van der Waals surface area contributed by atoms with E-state index in [-0.39, 0.29) is 35.6 Å². The number of likely N-dealkylation sites (tertiary alicyclic amines) is 1. The summed E-state index contributed by atoms with van der Waals surface area (Å²) >= 11 is 5.99. The van der Waals surface area contributed by atoms with Crippen LogP contribution in [0.3, 0.4) is 0 Å². The number of amides is 1. The van der Waals surface area contributed by atoms with Crippen molar-refractivity contribution in [1.82, 2.24) is 20.2 Å². The average molecular weight is 557 g/mol. The quantitative estimate of drug-likeness (QED) is 0.371. The lowest BCUT2D eigenvalue weighted by molar-refractivity contribution is 0.0794. The molecule has 2 aromatic heterocycles. The van der Waals surface area contributed by atoms with Crippen molar-refractivity contribution >= 4 is 28.4 Å². The molecule has 0 radical (unpaired) electrons. The topological polar surface area (TPSA) is 78.4 Å². The number of carbonyl (C=O) groups excluding carboxylic acids is 1. The molecule has 1 saturated heterocycles. The number of aryl methyl sites for hydroxylation is 1. The minimum Gasteiger partial charge on any atom is -0.393 e. The Labute approximate surface area is 232 Å². The standard InChI is InChI=1S/C30H35ClF2N4O2/c1-18(2)30(33)9-5-25-22(16-30)14-20-13-21(15-24(32)28(20)35-25)29(39)36-26(19-3-4-27(31)34-17-19)8-12-37-10-6-23(38)7-11-37/h3-4,13-15,17-18,23,26,38H,5-12,16H2,1-2H3,(H,36,39)/t26?,30-/m0/s1. The summed E-state index contributed by atoms with van der Waals surface area (Å²) < 4.78 is 30.6. The van der Waals surface area contributed by atoms with E-state index >= 15 is 8.78 Å². The highest BCUT2D eigenvalue weighted by Gasteiger charge is 2.38. The van der Waals surface area contributed by atoms with Crippen molar-refractivity contribution in [2.24, 2.45) is 5.92 Å². The van der Waals surface area contributed by atoms with E-state index in [9.17, 15) is 9.90 Å². The molecule has 9 heteroatoms. The van der Waals surface area contributed by atoms with Gasteiger partial charge in [-0.25, -0.2) is 18.7 Å². The van der Waals surface area contributed by atoms with Crippen LogP contribution in [-0.4, -0.2) is 57.3 Å². The smallest absolute Gasteiger partial charge is 0.251 e. The summed E-state index contributed by atoms with van der Waals surface area (Å²) in [6.45, 7) is 6.07. The van der Waals surface area contributed by atoms with E-state index in [1.807, 2.05) is 19.9 Å². The number of rotatable bonds is 7. The molecule has 1 fully saturated rings. The molecule has 0 saturated carbocycles. The second kappa shape index (κ2) is 11.4. The number of piperidine rings is 1. The van der Waals surface area contributed by atoms with Crippen LogP contribution in [0.5, 0.6) is 0 Å². The van der Waals surface area contributed by atoms with Crippen LogP contribution < -0.4 is 5.32 Å². The summed E-state index contributed by atoms with van der Waals surface area (Å²) in [5, 5.41) is 13.7. The van der Waals surface area contributed by atoms with Gasteiger partial charge in [0.25, 0.3) is 5.91 Å². The van der Waals surface area contributed by atoms with Crippen LogP contribution >= 0.6 is 11.6 Å². The number of benzene rings is 1. The van der Waals surface area contributed by atoms with Gasteiger partial charge < -0.3 is 15.3 Å². The third-order valence-electron chi connectivity index (χ3n) is 8.35. The molecule has 6 nitrogen and oxygen atoms in total. The first-order valence-corrected chi connectivity index (χ1v) is 14.1. The van der Waals surface area contributed by atoms with Crippen LogP contribution in [0.1, 0.15) is 72.8 Å². The molecule has 5 rings (SSSR count). The molecule has 2 atom stereocenters. The van der Waals surface area contributed by atoms with Gasteiger partial charge in [-0.1, -0.05) is 31.5 Å². The molecule has 3 aromatic rings. The molecule has 0 bridgehead atoms. The lowest BCUT2D eigenvalue weighted by Gasteiger charge is -2.34. The molecule has 3 heterocycles. The van der Waals surface area contributed by atoms with Crippen LogP contribution in [0.4, 0.5) is 8.78 Å². The summed E-state index contributed by atoms with van der Waals surface area (Å²) in [5.41, 5.74) is 1.37. The van der Waals surface area contributed by atoms with Crippen LogP contribution in [0, 0.1) is 11.7 Å². The van der Waals surface area contributed by atoms with E-state index in [1.54, 1.807) is 24.4 Å². The number of nitrogens with one attached hydrogen (secondary N) is 1. The minimum atomic E-state index is -1.32. The van der Waals surface area contributed by atoms with Gasteiger partial charge in [-0.05, 0) is 73.4 Å². The number of hydrogen-bond acceptors (Lipinski definition) is 5. The summed E-state index contributed by atoms with van der Waals surface area (Å²) in [6, 6.07) is 7.78. The number of aliphatic hydroxyl groups is 1. The Hall–Kier alpha value is -2.68. The Balaban J connectivity index is 1.38. The van der Waals surface area contributed by atoms with E-state index in [1.165, 1.54) is 6.07 Å². The van der Waals surface area contributed by atoms with Crippen LogP contribution in [-0.2, 0) is 12.8 Å². The molecule has 39 heavy (non-hydrogen) atoms. The van der Waals surface area contributed by atoms with Crippen LogP contribution in [0.25, 0.3) is 10.9 Å². The fourth-order valence-corrected chi connectivity index (χ4v) is 5.77. The minimum absolute atomic E-state index is 0.135. The molecule has 1 aromatic carbocycles. The van der Waals surface area contributed by atoms with Crippen molar-refractivity contribution in [2.75, 3.05) is 19.6 Å². The molecular formula is C30H35ClF2N4O2. The fraction of sp³-hybridized carbons (Fsp3) is 0.500. The van der Waals surface area contributed by atoms with E-state index in [4.69, 9.17) is 11.6 Å². The predicted octanol–water partition coefficient (Wildman–Crippen LogP) is 5.59. The normalized spacial score (nSPS) is 21.2. The van der Waals surface area contributed by atoms with Crippen molar-refractivity contribution in [2.45, 2.75) is 70.2 Å². The lowest BCUT2D eigenvalue weighted by atomic mass is 9.77. The number of halogens is 3. The van der Waals surface area contributed by atoms with Gasteiger partial charge >= 0.3 is 0 Å². The maximum absolute atomic E-state index is 15.4.